The highest BCUT2D eigenvalue weighted by Gasteiger charge is 2.04. The van der Waals surface area contributed by atoms with Crippen LogP contribution in [0.5, 0.6) is 0 Å². The third kappa shape index (κ3) is 4.81. The van der Waals surface area contributed by atoms with E-state index in [1.807, 2.05) is 31.2 Å². The number of ketones is 1. The first-order valence-corrected chi connectivity index (χ1v) is 6.56. The number of carbonyl (C=O) groups excluding carboxylic acids is 1. The molecule has 1 rings (SSSR count). The number of hydrogen-bond acceptors (Lipinski definition) is 3. The summed E-state index contributed by atoms with van der Waals surface area (Å²) >= 11 is 1.67. The minimum absolute atomic E-state index is 0.211. The fourth-order valence-electron chi connectivity index (χ4n) is 1.29. The smallest absolute Gasteiger partial charge is 0.172 e. The number of carbonyl (C=O) groups is 1. The molecule has 0 aromatic heterocycles. The van der Waals surface area contributed by atoms with Crippen molar-refractivity contribution >= 4 is 17.5 Å². The van der Waals surface area contributed by atoms with Crippen molar-refractivity contribution in [3.05, 3.63) is 35.4 Å². The molecule has 0 heterocycles. The molecule has 0 amide bonds. The second-order valence-electron chi connectivity index (χ2n) is 3.69. The van der Waals surface area contributed by atoms with E-state index < -0.39 is 0 Å². The van der Waals surface area contributed by atoms with Crippen LogP contribution in [-0.4, -0.2) is 31.0 Å². The summed E-state index contributed by atoms with van der Waals surface area (Å²) in [6.07, 6.45) is 1.00. The standard InChI is InChI=1S/C13H18O2S/c1-11-4-6-12(7-5-11)13(14)10-16-9-3-8-15-2/h4-7H,3,8-10H2,1-2H3. The van der Waals surface area contributed by atoms with E-state index in [1.165, 1.54) is 5.56 Å². The molecular weight excluding hydrogens is 220 g/mol. The van der Waals surface area contributed by atoms with E-state index >= 15 is 0 Å². The number of hydrogen-bond donors (Lipinski definition) is 0. The number of aryl methyl sites for hydroxylation is 1. The van der Waals surface area contributed by atoms with Crippen LogP contribution in [0.2, 0.25) is 0 Å². The molecule has 0 bridgehead atoms. The van der Waals surface area contributed by atoms with Crippen molar-refractivity contribution < 1.29 is 9.53 Å². The van der Waals surface area contributed by atoms with E-state index in [4.69, 9.17) is 4.74 Å². The van der Waals surface area contributed by atoms with Crippen LogP contribution in [0.4, 0.5) is 0 Å². The van der Waals surface area contributed by atoms with E-state index in [-0.39, 0.29) is 5.78 Å². The van der Waals surface area contributed by atoms with Crippen molar-refractivity contribution in [3.8, 4) is 0 Å². The van der Waals surface area contributed by atoms with Crippen LogP contribution in [0.25, 0.3) is 0 Å². The zero-order chi connectivity index (χ0) is 11.8. The average Bonchev–Trinajstić information content (AvgIpc) is 2.29. The van der Waals surface area contributed by atoms with Gasteiger partial charge in [-0.2, -0.15) is 11.8 Å². The van der Waals surface area contributed by atoms with Gasteiger partial charge < -0.3 is 4.74 Å². The highest BCUT2D eigenvalue weighted by molar-refractivity contribution is 7.99. The van der Waals surface area contributed by atoms with Gasteiger partial charge in [-0.25, -0.2) is 0 Å². The number of benzene rings is 1. The molecule has 0 N–H and O–H groups in total. The summed E-state index contributed by atoms with van der Waals surface area (Å²) in [5.41, 5.74) is 1.99. The predicted octanol–water partition coefficient (Wildman–Crippen LogP) is 2.95. The minimum atomic E-state index is 0.211. The van der Waals surface area contributed by atoms with Crippen molar-refractivity contribution in [2.75, 3.05) is 25.2 Å². The maximum absolute atomic E-state index is 11.7. The molecule has 0 saturated heterocycles. The lowest BCUT2D eigenvalue weighted by atomic mass is 10.1. The Morgan fingerprint density at radius 1 is 1.31 bits per heavy atom. The van der Waals surface area contributed by atoms with Gasteiger partial charge in [0.05, 0.1) is 5.75 Å². The van der Waals surface area contributed by atoms with E-state index in [9.17, 15) is 4.79 Å². The fraction of sp³-hybridized carbons (Fsp3) is 0.462. The van der Waals surface area contributed by atoms with Crippen LogP contribution in [-0.2, 0) is 4.74 Å². The SMILES string of the molecule is COCCCSCC(=O)c1ccc(C)cc1. The van der Waals surface area contributed by atoms with Crippen molar-refractivity contribution in [2.24, 2.45) is 0 Å². The molecule has 0 fully saturated rings. The zero-order valence-corrected chi connectivity index (χ0v) is 10.7. The van der Waals surface area contributed by atoms with Gasteiger partial charge in [0.15, 0.2) is 5.78 Å². The number of methoxy groups -OCH3 is 1. The molecule has 3 heteroatoms. The molecule has 0 spiro atoms. The monoisotopic (exact) mass is 238 g/mol. The Morgan fingerprint density at radius 3 is 2.62 bits per heavy atom. The van der Waals surface area contributed by atoms with Gasteiger partial charge in [-0.05, 0) is 19.1 Å². The molecule has 0 radical (unpaired) electrons. The van der Waals surface area contributed by atoms with E-state index in [0.717, 1.165) is 24.3 Å². The van der Waals surface area contributed by atoms with Crippen LogP contribution in [0.15, 0.2) is 24.3 Å². The molecule has 0 aliphatic heterocycles. The van der Waals surface area contributed by atoms with Gasteiger partial charge in [0, 0.05) is 19.3 Å². The Labute approximate surface area is 101 Å². The Morgan fingerprint density at radius 2 is 2.00 bits per heavy atom. The fourth-order valence-corrected chi connectivity index (χ4v) is 2.11. The average molecular weight is 238 g/mol. The summed E-state index contributed by atoms with van der Waals surface area (Å²) in [5, 5.41) is 0. The topological polar surface area (TPSA) is 26.3 Å². The third-order valence-electron chi connectivity index (χ3n) is 2.24. The summed E-state index contributed by atoms with van der Waals surface area (Å²) in [5.74, 6) is 1.75. The van der Waals surface area contributed by atoms with E-state index in [0.29, 0.717) is 5.75 Å². The molecule has 0 aliphatic rings. The van der Waals surface area contributed by atoms with Gasteiger partial charge in [-0.15, -0.1) is 0 Å². The Bertz CT molecular complexity index is 319. The highest BCUT2D eigenvalue weighted by atomic mass is 32.2. The molecule has 88 valence electrons. The van der Waals surface area contributed by atoms with Crippen molar-refractivity contribution in [3.63, 3.8) is 0 Å². The van der Waals surface area contributed by atoms with Gasteiger partial charge in [0.25, 0.3) is 0 Å². The van der Waals surface area contributed by atoms with Crippen molar-refractivity contribution in [1.82, 2.24) is 0 Å². The number of ether oxygens (including phenoxy) is 1. The third-order valence-corrected chi connectivity index (χ3v) is 3.29. The molecule has 0 unspecified atom stereocenters. The van der Waals surface area contributed by atoms with Crippen molar-refractivity contribution in [2.45, 2.75) is 13.3 Å². The number of rotatable bonds is 7. The summed E-state index contributed by atoms with van der Waals surface area (Å²) in [4.78, 5) is 11.7. The highest BCUT2D eigenvalue weighted by Crippen LogP contribution is 2.09. The van der Waals surface area contributed by atoms with E-state index in [2.05, 4.69) is 0 Å². The van der Waals surface area contributed by atoms with Gasteiger partial charge in [-0.1, -0.05) is 29.8 Å². The first kappa shape index (κ1) is 13.3. The molecule has 0 atom stereocenters. The van der Waals surface area contributed by atoms with Crippen molar-refractivity contribution in [1.29, 1.82) is 0 Å². The van der Waals surface area contributed by atoms with Crippen LogP contribution in [0.1, 0.15) is 22.3 Å². The summed E-state index contributed by atoms with van der Waals surface area (Å²) in [6, 6.07) is 7.74. The Kier molecular flexibility index (Phi) is 6.19. The maximum atomic E-state index is 11.7. The van der Waals surface area contributed by atoms with Gasteiger partial charge in [0.2, 0.25) is 0 Å². The Balaban J connectivity index is 2.27. The Hall–Kier alpha value is -0.800. The lowest BCUT2D eigenvalue weighted by Gasteiger charge is -2.02. The molecule has 2 nitrogen and oxygen atoms in total. The van der Waals surface area contributed by atoms with Crippen LogP contribution < -0.4 is 0 Å². The molecule has 0 aliphatic carbocycles. The lowest BCUT2D eigenvalue weighted by molar-refractivity contribution is 0.102. The summed E-state index contributed by atoms with van der Waals surface area (Å²) < 4.78 is 4.95. The van der Waals surface area contributed by atoms with E-state index in [1.54, 1.807) is 18.9 Å². The molecule has 0 saturated carbocycles. The van der Waals surface area contributed by atoms with Gasteiger partial charge in [0.1, 0.15) is 0 Å². The van der Waals surface area contributed by atoms with Gasteiger partial charge in [-0.3, -0.25) is 4.79 Å². The lowest BCUT2D eigenvalue weighted by Crippen LogP contribution is -2.03. The normalized spacial score (nSPS) is 10.4. The molecule has 1 aromatic rings. The second kappa shape index (κ2) is 7.47. The number of thioether (sulfide) groups is 1. The van der Waals surface area contributed by atoms with Crippen LogP contribution >= 0.6 is 11.8 Å². The zero-order valence-electron chi connectivity index (χ0n) is 9.86. The predicted molar refractivity (Wildman–Crippen MR) is 69.3 cm³/mol. The molecule has 16 heavy (non-hydrogen) atoms. The second-order valence-corrected chi connectivity index (χ2v) is 4.79. The van der Waals surface area contributed by atoms with Crippen LogP contribution in [0, 0.1) is 6.92 Å². The number of Topliss-reactive ketones (excluding diaryl/α,β-unsaturated/α-hetero) is 1. The minimum Gasteiger partial charge on any atom is -0.385 e. The molecule has 1 aromatic carbocycles. The first-order valence-electron chi connectivity index (χ1n) is 5.40. The largest absolute Gasteiger partial charge is 0.385 e. The maximum Gasteiger partial charge on any atom is 0.172 e. The quantitative estimate of drug-likeness (QED) is 0.539. The van der Waals surface area contributed by atoms with Crippen LogP contribution in [0.3, 0.4) is 0 Å². The van der Waals surface area contributed by atoms with Gasteiger partial charge >= 0.3 is 0 Å². The first-order chi connectivity index (χ1) is 7.74. The summed E-state index contributed by atoms with van der Waals surface area (Å²) in [7, 11) is 1.70. The molecular formula is C13H18O2S. The summed E-state index contributed by atoms with van der Waals surface area (Å²) in [6.45, 7) is 2.79.